The molecule has 0 saturated carbocycles. The molecule has 0 aliphatic rings. The summed E-state index contributed by atoms with van der Waals surface area (Å²) in [5, 5.41) is 3.09. The first-order valence-corrected chi connectivity index (χ1v) is 5.87. The standard InChI is InChI=1S/C12H9Cl2N3O/c1-7-4-9(2-3-15-7)16-12(18)8-5-10(13)17-11(14)6-8/h2-6H,1H3,(H,15,16,18). The van der Waals surface area contributed by atoms with Crippen molar-refractivity contribution in [1.82, 2.24) is 9.97 Å². The molecule has 1 amide bonds. The molecule has 92 valence electrons. The van der Waals surface area contributed by atoms with Crippen molar-refractivity contribution >= 4 is 34.8 Å². The number of amides is 1. The second-order valence-electron chi connectivity index (χ2n) is 3.64. The first kappa shape index (κ1) is 12.8. The minimum atomic E-state index is -0.299. The van der Waals surface area contributed by atoms with Gasteiger partial charge in [-0.05, 0) is 31.2 Å². The molecule has 0 unspecified atom stereocenters. The molecule has 6 heteroatoms. The van der Waals surface area contributed by atoms with Gasteiger partial charge in [-0.3, -0.25) is 9.78 Å². The van der Waals surface area contributed by atoms with E-state index in [0.717, 1.165) is 5.69 Å². The third kappa shape index (κ3) is 3.18. The van der Waals surface area contributed by atoms with Crippen molar-refractivity contribution in [2.24, 2.45) is 0 Å². The molecule has 0 bridgehead atoms. The van der Waals surface area contributed by atoms with Crippen LogP contribution >= 0.6 is 23.2 Å². The molecule has 0 atom stereocenters. The SMILES string of the molecule is Cc1cc(NC(=O)c2cc(Cl)nc(Cl)c2)ccn1. The molecule has 0 aliphatic heterocycles. The van der Waals surface area contributed by atoms with E-state index in [-0.39, 0.29) is 16.2 Å². The number of halogens is 2. The number of hydrogen-bond donors (Lipinski definition) is 1. The summed E-state index contributed by atoms with van der Waals surface area (Å²) in [4.78, 5) is 19.8. The van der Waals surface area contributed by atoms with Crippen LogP contribution in [-0.4, -0.2) is 15.9 Å². The zero-order valence-electron chi connectivity index (χ0n) is 9.45. The first-order chi connectivity index (χ1) is 8.54. The largest absolute Gasteiger partial charge is 0.322 e. The lowest BCUT2D eigenvalue weighted by molar-refractivity contribution is 0.102. The smallest absolute Gasteiger partial charge is 0.255 e. The molecule has 4 nitrogen and oxygen atoms in total. The van der Waals surface area contributed by atoms with E-state index < -0.39 is 0 Å². The molecule has 0 fully saturated rings. The summed E-state index contributed by atoms with van der Waals surface area (Å²) >= 11 is 11.5. The number of carbonyl (C=O) groups is 1. The number of rotatable bonds is 2. The first-order valence-electron chi connectivity index (χ1n) is 5.12. The highest BCUT2D eigenvalue weighted by Crippen LogP contribution is 2.16. The predicted octanol–water partition coefficient (Wildman–Crippen LogP) is 3.34. The minimum Gasteiger partial charge on any atom is -0.322 e. The van der Waals surface area contributed by atoms with Gasteiger partial charge in [-0.2, -0.15) is 0 Å². The lowest BCUT2D eigenvalue weighted by Crippen LogP contribution is -2.12. The van der Waals surface area contributed by atoms with Crippen LogP contribution < -0.4 is 5.32 Å². The number of hydrogen-bond acceptors (Lipinski definition) is 3. The summed E-state index contributed by atoms with van der Waals surface area (Å²) in [7, 11) is 0. The van der Waals surface area contributed by atoms with Crippen molar-refractivity contribution in [3.8, 4) is 0 Å². The highest BCUT2D eigenvalue weighted by atomic mass is 35.5. The maximum atomic E-state index is 12.0. The summed E-state index contributed by atoms with van der Waals surface area (Å²) in [5.41, 5.74) is 1.84. The molecule has 18 heavy (non-hydrogen) atoms. The van der Waals surface area contributed by atoms with Crippen LogP contribution in [0.2, 0.25) is 10.3 Å². The van der Waals surface area contributed by atoms with Crippen molar-refractivity contribution in [2.75, 3.05) is 5.32 Å². The monoisotopic (exact) mass is 281 g/mol. The predicted molar refractivity (Wildman–Crippen MR) is 71.2 cm³/mol. The lowest BCUT2D eigenvalue weighted by Gasteiger charge is -2.06. The van der Waals surface area contributed by atoms with Crippen LogP contribution in [0.25, 0.3) is 0 Å². The average molecular weight is 282 g/mol. The Morgan fingerprint density at radius 3 is 2.50 bits per heavy atom. The summed E-state index contributed by atoms with van der Waals surface area (Å²) < 4.78 is 0. The summed E-state index contributed by atoms with van der Waals surface area (Å²) in [5.74, 6) is -0.299. The topological polar surface area (TPSA) is 54.9 Å². The number of anilines is 1. The Bertz CT molecular complexity index is 581. The Morgan fingerprint density at radius 2 is 1.89 bits per heavy atom. The van der Waals surface area contributed by atoms with Crippen LogP contribution in [-0.2, 0) is 0 Å². The highest BCUT2D eigenvalue weighted by molar-refractivity contribution is 6.33. The van der Waals surface area contributed by atoms with Crippen molar-refractivity contribution in [3.05, 3.63) is 52.0 Å². The number of nitrogens with zero attached hydrogens (tertiary/aromatic N) is 2. The number of aromatic nitrogens is 2. The molecule has 0 saturated heterocycles. The van der Waals surface area contributed by atoms with Gasteiger partial charge in [0.1, 0.15) is 10.3 Å². The summed E-state index contributed by atoms with van der Waals surface area (Å²) in [6.45, 7) is 1.84. The maximum Gasteiger partial charge on any atom is 0.255 e. The number of pyridine rings is 2. The molecule has 1 N–H and O–H groups in total. The average Bonchev–Trinajstić information content (AvgIpc) is 2.27. The van der Waals surface area contributed by atoms with Gasteiger partial charge in [-0.25, -0.2) is 4.98 Å². The van der Waals surface area contributed by atoms with Gasteiger partial charge in [-0.1, -0.05) is 23.2 Å². The van der Waals surface area contributed by atoms with Crippen molar-refractivity contribution < 1.29 is 4.79 Å². The van der Waals surface area contributed by atoms with Crippen molar-refractivity contribution in [1.29, 1.82) is 0 Å². The highest BCUT2D eigenvalue weighted by Gasteiger charge is 2.09. The minimum absolute atomic E-state index is 0.179. The third-order valence-electron chi connectivity index (χ3n) is 2.18. The second-order valence-corrected chi connectivity index (χ2v) is 4.42. The van der Waals surface area contributed by atoms with Crippen molar-refractivity contribution in [3.63, 3.8) is 0 Å². The third-order valence-corrected chi connectivity index (χ3v) is 2.57. The van der Waals surface area contributed by atoms with Crippen molar-refractivity contribution in [2.45, 2.75) is 6.92 Å². The van der Waals surface area contributed by atoms with Crippen LogP contribution in [0.1, 0.15) is 16.1 Å². The fraction of sp³-hybridized carbons (Fsp3) is 0.0833. The van der Waals surface area contributed by atoms with Gasteiger partial charge in [-0.15, -0.1) is 0 Å². The second kappa shape index (κ2) is 5.33. The molecule has 2 rings (SSSR count). The number of carbonyl (C=O) groups excluding carboxylic acids is 1. The van der Waals surface area contributed by atoms with E-state index in [1.807, 2.05) is 6.92 Å². The number of nitrogens with one attached hydrogen (secondary N) is 1. The van der Waals surface area contributed by atoms with Gasteiger partial charge in [0.05, 0.1) is 0 Å². The van der Waals surface area contributed by atoms with Gasteiger partial charge in [0.2, 0.25) is 0 Å². The van der Waals surface area contributed by atoms with Gasteiger partial charge in [0.15, 0.2) is 0 Å². The lowest BCUT2D eigenvalue weighted by atomic mass is 10.2. The maximum absolute atomic E-state index is 12.0. The Hall–Kier alpha value is -1.65. The van der Waals surface area contributed by atoms with E-state index in [9.17, 15) is 4.79 Å². The van der Waals surface area contributed by atoms with Gasteiger partial charge >= 0.3 is 0 Å². The van der Waals surface area contributed by atoms with E-state index in [0.29, 0.717) is 11.3 Å². The molecular formula is C12H9Cl2N3O. The quantitative estimate of drug-likeness (QED) is 0.859. The normalized spacial score (nSPS) is 10.2. The van der Waals surface area contributed by atoms with Gasteiger partial charge in [0, 0.05) is 23.1 Å². The van der Waals surface area contributed by atoms with Crippen LogP contribution in [0.4, 0.5) is 5.69 Å². The van der Waals surface area contributed by atoms with E-state index in [1.165, 1.54) is 12.1 Å². The molecule has 0 spiro atoms. The van der Waals surface area contributed by atoms with Gasteiger partial charge < -0.3 is 5.32 Å². The summed E-state index contributed by atoms with van der Waals surface area (Å²) in [6, 6.07) is 6.38. The zero-order valence-corrected chi connectivity index (χ0v) is 11.0. The van der Waals surface area contributed by atoms with E-state index in [2.05, 4.69) is 15.3 Å². The Labute approximate surface area is 114 Å². The van der Waals surface area contributed by atoms with Crippen LogP contribution in [0, 0.1) is 6.92 Å². The molecule has 0 aliphatic carbocycles. The Balaban J connectivity index is 2.22. The number of aryl methyl sites for hydroxylation is 1. The van der Waals surface area contributed by atoms with Crippen LogP contribution in [0.15, 0.2) is 30.5 Å². The van der Waals surface area contributed by atoms with Gasteiger partial charge in [0.25, 0.3) is 5.91 Å². The van der Waals surface area contributed by atoms with Crippen LogP contribution in [0.5, 0.6) is 0 Å². The molecule has 2 heterocycles. The molecule has 0 radical (unpaired) electrons. The molecule has 2 aromatic rings. The zero-order chi connectivity index (χ0) is 13.1. The molecule has 0 aromatic carbocycles. The van der Waals surface area contributed by atoms with E-state index >= 15 is 0 Å². The van der Waals surface area contributed by atoms with E-state index in [4.69, 9.17) is 23.2 Å². The fourth-order valence-electron chi connectivity index (χ4n) is 1.42. The van der Waals surface area contributed by atoms with E-state index in [1.54, 1.807) is 18.3 Å². The fourth-order valence-corrected chi connectivity index (χ4v) is 1.88. The molecule has 2 aromatic heterocycles. The Kier molecular flexibility index (Phi) is 3.79. The van der Waals surface area contributed by atoms with Crippen LogP contribution in [0.3, 0.4) is 0 Å². The molecular weight excluding hydrogens is 273 g/mol. The summed E-state index contributed by atoms with van der Waals surface area (Å²) in [6.07, 6.45) is 1.62. The Morgan fingerprint density at radius 1 is 1.22 bits per heavy atom.